The van der Waals surface area contributed by atoms with Gasteiger partial charge in [0.2, 0.25) is 10.0 Å². The summed E-state index contributed by atoms with van der Waals surface area (Å²) in [6.45, 7) is 8.85. The van der Waals surface area contributed by atoms with E-state index in [0.29, 0.717) is 12.1 Å². The van der Waals surface area contributed by atoms with E-state index in [1.165, 1.54) is 6.07 Å². The molecule has 8 heteroatoms. The van der Waals surface area contributed by atoms with Crippen molar-refractivity contribution in [2.24, 2.45) is 0 Å². The molecule has 150 valence electrons. The van der Waals surface area contributed by atoms with E-state index in [2.05, 4.69) is 14.9 Å². The van der Waals surface area contributed by atoms with Gasteiger partial charge in [-0.25, -0.2) is 13.1 Å². The predicted molar refractivity (Wildman–Crippen MR) is 103 cm³/mol. The minimum atomic E-state index is -3.57. The number of carbonyl (C=O) groups is 1. The van der Waals surface area contributed by atoms with E-state index in [0.717, 1.165) is 38.0 Å². The van der Waals surface area contributed by atoms with Gasteiger partial charge in [0.25, 0.3) is 5.91 Å². The molecule has 2 aliphatic rings. The summed E-state index contributed by atoms with van der Waals surface area (Å²) in [6, 6.07) is 4.73. The van der Waals surface area contributed by atoms with Crippen LogP contribution in [0.15, 0.2) is 23.1 Å². The van der Waals surface area contributed by atoms with Crippen molar-refractivity contribution >= 4 is 15.9 Å². The number of carbonyl (C=O) groups excluding carboxylic acids is 1. The lowest BCUT2D eigenvalue weighted by Gasteiger charge is -2.35. The van der Waals surface area contributed by atoms with Gasteiger partial charge in [0.15, 0.2) is 0 Å². The molecule has 3 rings (SSSR count). The molecule has 1 aliphatic heterocycles. The lowest BCUT2D eigenvalue weighted by molar-refractivity contribution is -0.0672. The molecule has 2 fully saturated rings. The summed E-state index contributed by atoms with van der Waals surface area (Å²) in [5, 5.41) is 2.91. The maximum absolute atomic E-state index is 12.6. The molecule has 1 aliphatic carbocycles. The largest absolute Gasteiger partial charge is 0.373 e. The highest BCUT2D eigenvalue weighted by Gasteiger charge is 2.28. The van der Waals surface area contributed by atoms with Gasteiger partial charge in [0.05, 0.1) is 17.1 Å². The van der Waals surface area contributed by atoms with Crippen molar-refractivity contribution in [2.75, 3.05) is 26.2 Å². The maximum atomic E-state index is 12.6. The molecular weight excluding hydrogens is 366 g/mol. The number of ether oxygens (including phenoxy) is 1. The third-order valence-corrected chi connectivity index (χ3v) is 6.39. The van der Waals surface area contributed by atoms with Gasteiger partial charge in [-0.15, -0.1) is 0 Å². The van der Waals surface area contributed by atoms with E-state index < -0.39 is 10.0 Å². The molecule has 0 radical (unpaired) electrons. The van der Waals surface area contributed by atoms with Crippen LogP contribution in [0, 0.1) is 6.92 Å². The zero-order valence-electron chi connectivity index (χ0n) is 16.2. The lowest BCUT2D eigenvalue weighted by atomic mass is 10.1. The van der Waals surface area contributed by atoms with Crippen molar-refractivity contribution in [3.63, 3.8) is 0 Å². The Hall–Kier alpha value is -1.48. The first-order valence-corrected chi connectivity index (χ1v) is 11.0. The number of rotatable bonds is 7. The quantitative estimate of drug-likeness (QED) is 0.726. The van der Waals surface area contributed by atoms with E-state index in [1.54, 1.807) is 12.1 Å². The van der Waals surface area contributed by atoms with Crippen LogP contribution in [0.2, 0.25) is 0 Å². The van der Waals surface area contributed by atoms with Crippen LogP contribution in [0.4, 0.5) is 0 Å². The van der Waals surface area contributed by atoms with Crippen molar-refractivity contribution in [1.29, 1.82) is 0 Å². The summed E-state index contributed by atoms with van der Waals surface area (Å²) in [6.07, 6.45) is 2.12. The van der Waals surface area contributed by atoms with Gasteiger partial charge >= 0.3 is 0 Å². The molecule has 1 aromatic carbocycles. The summed E-state index contributed by atoms with van der Waals surface area (Å²) in [4.78, 5) is 15.0. The fourth-order valence-electron chi connectivity index (χ4n) is 3.39. The fourth-order valence-corrected chi connectivity index (χ4v) is 4.72. The molecule has 0 aromatic heterocycles. The number of aryl methyl sites for hydroxylation is 1. The number of nitrogens with zero attached hydrogens (tertiary/aromatic N) is 1. The second-order valence-corrected chi connectivity index (χ2v) is 9.36. The van der Waals surface area contributed by atoms with Crippen molar-refractivity contribution in [3.8, 4) is 0 Å². The van der Waals surface area contributed by atoms with Gasteiger partial charge in [-0.3, -0.25) is 9.69 Å². The molecular formula is C19H29N3O4S. The van der Waals surface area contributed by atoms with E-state index in [-0.39, 0.29) is 29.1 Å². The van der Waals surface area contributed by atoms with Gasteiger partial charge in [-0.05, 0) is 51.3 Å². The molecule has 1 amide bonds. The number of benzene rings is 1. The molecule has 1 aromatic rings. The molecule has 1 saturated carbocycles. The summed E-state index contributed by atoms with van der Waals surface area (Å²) in [7, 11) is -3.57. The summed E-state index contributed by atoms with van der Waals surface area (Å²) < 4.78 is 33.1. The van der Waals surface area contributed by atoms with E-state index >= 15 is 0 Å². The van der Waals surface area contributed by atoms with E-state index in [9.17, 15) is 13.2 Å². The van der Waals surface area contributed by atoms with Gasteiger partial charge in [-0.1, -0.05) is 6.07 Å². The zero-order chi connectivity index (χ0) is 19.6. The molecule has 0 bridgehead atoms. The Labute approximate surface area is 161 Å². The number of amides is 1. The SMILES string of the molecule is Cc1ccc(S(=O)(=O)NC2CC2)cc1C(=O)NCCN1CC(C)OC(C)C1. The monoisotopic (exact) mass is 395 g/mol. The molecule has 7 nitrogen and oxygen atoms in total. The molecule has 27 heavy (non-hydrogen) atoms. The fraction of sp³-hybridized carbons (Fsp3) is 0.632. The summed E-state index contributed by atoms with van der Waals surface area (Å²) >= 11 is 0. The van der Waals surface area contributed by atoms with Crippen LogP contribution < -0.4 is 10.0 Å². The van der Waals surface area contributed by atoms with Crippen molar-refractivity contribution < 1.29 is 17.9 Å². The van der Waals surface area contributed by atoms with Crippen LogP contribution in [-0.2, 0) is 14.8 Å². The zero-order valence-corrected chi connectivity index (χ0v) is 17.0. The number of hydrogen-bond donors (Lipinski definition) is 2. The molecule has 2 atom stereocenters. The molecule has 1 saturated heterocycles. The Balaban J connectivity index is 1.59. The van der Waals surface area contributed by atoms with Crippen LogP contribution >= 0.6 is 0 Å². The normalized spacial score (nSPS) is 24.0. The number of hydrogen-bond acceptors (Lipinski definition) is 5. The second-order valence-electron chi connectivity index (χ2n) is 7.65. The Kier molecular flexibility index (Phi) is 6.20. The summed E-state index contributed by atoms with van der Waals surface area (Å²) in [5.41, 5.74) is 1.16. The van der Waals surface area contributed by atoms with E-state index in [4.69, 9.17) is 4.74 Å². The molecule has 2 unspecified atom stereocenters. The van der Waals surface area contributed by atoms with Gasteiger partial charge < -0.3 is 10.1 Å². The van der Waals surface area contributed by atoms with Gasteiger partial charge in [-0.2, -0.15) is 0 Å². The smallest absolute Gasteiger partial charge is 0.251 e. The average molecular weight is 396 g/mol. The molecule has 2 N–H and O–H groups in total. The van der Waals surface area contributed by atoms with Crippen molar-refractivity contribution in [1.82, 2.24) is 14.9 Å². The van der Waals surface area contributed by atoms with Crippen LogP contribution in [-0.4, -0.2) is 63.7 Å². The second kappa shape index (κ2) is 8.26. The Morgan fingerprint density at radius 2 is 1.89 bits per heavy atom. The highest BCUT2D eigenvalue weighted by atomic mass is 32.2. The average Bonchev–Trinajstić information content (AvgIpc) is 3.37. The van der Waals surface area contributed by atoms with Crippen molar-refractivity contribution in [3.05, 3.63) is 29.3 Å². The first kappa shape index (κ1) is 20.3. The topological polar surface area (TPSA) is 87.7 Å². The first-order chi connectivity index (χ1) is 12.7. The minimum absolute atomic E-state index is 0.0342. The molecule has 0 spiro atoms. The summed E-state index contributed by atoms with van der Waals surface area (Å²) in [5.74, 6) is -0.245. The van der Waals surface area contributed by atoms with Gasteiger partial charge in [0, 0.05) is 37.8 Å². The predicted octanol–water partition coefficient (Wildman–Crippen LogP) is 1.27. The van der Waals surface area contributed by atoms with Crippen LogP contribution in [0.3, 0.4) is 0 Å². The Bertz CT molecular complexity index is 782. The van der Waals surface area contributed by atoms with Crippen molar-refractivity contribution in [2.45, 2.75) is 56.8 Å². The van der Waals surface area contributed by atoms with E-state index in [1.807, 2.05) is 20.8 Å². The minimum Gasteiger partial charge on any atom is -0.373 e. The third kappa shape index (κ3) is 5.51. The van der Waals surface area contributed by atoms with Gasteiger partial charge in [0.1, 0.15) is 0 Å². The highest BCUT2D eigenvalue weighted by Crippen LogP contribution is 2.23. The lowest BCUT2D eigenvalue weighted by Crippen LogP contribution is -2.47. The number of morpholine rings is 1. The number of nitrogens with one attached hydrogen (secondary N) is 2. The Morgan fingerprint density at radius 1 is 1.22 bits per heavy atom. The Morgan fingerprint density at radius 3 is 2.52 bits per heavy atom. The molecule has 1 heterocycles. The standard InChI is InChI=1S/C19H29N3O4S/c1-13-4-7-17(27(24,25)21-16-5-6-16)10-18(13)19(23)20-8-9-22-11-14(2)26-15(3)12-22/h4,7,10,14-16,21H,5-6,8-9,11-12H2,1-3H3,(H,20,23). The first-order valence-electron chi connectivity index (χ1n) is 9.53. The highest BCUT2D eigenvalue weighted by molar-refractivity contribution is 7.89. The number of sulfonamides is 1. The van der Waals surface area contributed by atoms with Crippen LogP contribution in [0.5, 0.6) is 0 Å². The third-order valence-electron chi connectivity index (χ3n) is 4.87. The van der Waals surface area contributed by atoms with Crippen LogP contribution in [0.1, 0.15) is 42.6 Å². The van der Waals surface area contributed by atoms with Crippen LogP contribution in [0.25, 0.3) is 0 Å². The maximum Gasteiger partial charge on any atom is 0.251 e.